The van der Waals surface area contributed by atoms with E-state index in [-0.39, 0.29) is 18.3 Å². The molecule has 3 N–H and O–H groups in total. The van der Waals surface area contributed by atoms with Crippen molar-refractivity contribution < 1.29 is 14.0 Å². The van der Waals surface area contributed by atoms with Gasteiger partial charge in [0.05, 0.1) is 0 Å². The average Bonchev–Trinajstić information content (AvgIpc) is 2.55. The first kappa shape index (κ1) is 16.5. The Kier molecular flexibility index (Phi) is 5.68. The van der Waals surface area contributed by atoms with Crippen LogP contribution in [-0.4, -0.2) is 18.5 Å². The van der Waals surface area contributed by atoms with Gasteiger partial charge in [-0.1, -0.05) is 18.2 Å². The smallest absolute Gasteiger partial charge is 0.319 e. The fraction of sp³-hybridized carbons (Fsp3) is 0.176. The van der Waals surface area contributed by atoms with E-state index in [1.165, 1.54) is 6.07 Å². The molecule has 0 unspecified atom stereocenters. The molecule has 0 bridgehead atoms. The first-order valence-corrected chi connectivity index (χ1v) is 7.26. The third-order valence-electron chi connectivity index (χ3n) is 3.14. The second-order valence-corrected chi connectivity index (χ2v) is 4.84. The standard InChI is InChI=1S/C17H18FN3O2/c1-2-19-16(22)12-7-9-14(10-8-12)21-17(23)20-11-13-5-3-4-6-15(13)18/h3-10H,2,11H2,1H3,(H,19,22)(H2,20,21,23). The van der Waals surface area contributed by atoms with Gasteiger partial charge in [0.15, 0.2) is 0 Å². The molecule has 2 rings (SSSR count). The zero-order valence-electron chi connectivity index (χ0n) is 12.7. The molecule has 3 amide bonds. The summed E-state index contributed by atoms with van der Waals surface area (Å²) < 4.78 is 13.4. The van der Waals surface area contributed by atoms with Crippen LogP contribution in [0.2, 0.25) is 0 Å². The van der Waals surface area contributed by atoms with E-state index in [1.807, 2.05) is 6.92 Å². The van der Waals surface area contributed by atoms with Gasteiger partial charge in [-0.25, -0.2) is 9.18 Å². The molecule has 5 nitrogen and oxygen atoms in total. The topological polar surface area (TPSA) is 70.2 Å². The first-order chi connectivity index (χ1) is 11.1. The van der Waals surface area contributed by atoms with Crippen molar-refractivity contribution in [2.24, 2.45) is 0 Å². The predicted octanol–water partition coefficient (Wildman–Crippen LogP) is 2.90. The third-order valence-corrected chi connectivity index (χ3v) is 3.14. The van der Waals surface area contributed by atoms with E-state index in [9.17, 15) is 14.0 Å². The maximum atomic E-state index is 13.4. The van der Waals surface area contributed by atoms with Gasteiger partial charge in [-0.15, -0.1) is 0 Å². The molecular weight excluding hydrogens is 297 g/mol. The Morgan fingerprint density at radius 1 is 1.00 bits per heavy atom. The van der Waals surface area contributed by atoms with Crippen LogP contribution in [0.1, 0.15) is 22.8 Å². The average molecular weight is 315 g/mol. The second kappa shape index (κ2) is 7.93. The van der Waals surface area contributed by atoms with E-state index in [1.54, 1.807) is 42.5 Å². The highest BCUT2D eigenvalue weighted by Crippen LogP contribution is 2.10. The van der Waals surface area contributed by atoms with Gasteiger partial charge in [0.1, 0.15) is 5.82 Å². The molecule has 0 fully saturated rings. The Labute approximate surface area is 133 Å². The minimum atomic E-state index is -0.445. The molecule has 0 aliphatic rings. The van der Waals surface area contributed by atoms with Crippen molar-refractivity contribution in [2.75, 3.05) is 11.9 Å². The zero-order valence-corrected chi connectivity index (χ0v) is 12.7. The van der Waals surface area contributed by atoms with Crippen molar-refractivity contribution >= 4 is 17.6 Å². The van der Waals surface area contributed by atoms with Crippen LogP contribution >= 0.6 is 0 Å². The van der Waals surface area contributed by atoms with Gasteiger partial charge in [-0.3, -0.25) is 4.79 Å². The number of halogens is 1. The van der Waals surface area contributed by atoms with E-state index < -0.39 is 6.03 Å². The molecule has 0 aliphatic heterocycles. The Balaban J connectivity index is 1.88. The fourth-order valence-corrected chi connectivity index (χ4v) is 1.96. The van der Waals surface area contributed by atoms with Gasteiger partial charge in [-0.2, -0.15) is 0 Å². The van der Waals surface area contributed by atoms with Crippen LogP contribution in [-0.2, 0) is 6.54 Å². The van der Waals surface area contributed by atoms with Crippen molar-refractivity contribution in [3.8, 4) is 0 Å². The van der Waals surface area contributed by atoms with Crippen molar-refractivity contribution in [1.82, 2.24) is 10.6 Å². The van der Waals surface area contributed by atoms with Gasteiger partial charge in [0.25, 0.3) is 5.91 Å². The lowest BCUT2D eigenvalue weighted by Crippen LogP contribution is -2.28. The predicted molar refractivity (Wildman–Crippen MR) is 86.7 cm³/mol. The van der Waals surface area contributed by atoms with Crippen LogP contribution in [0.4, 0.5) is 14.9 Å². The lowest BCUT2D eigenvalue weighted by Gasteiger charge is -2.09. The number of anilines is 1. The van der Waals surface area contributed by atoms with Gasteiger partial charge in [0.2, 0.25) is 0 Å². The number of hydrogen-bond acceptors (Lipinski definition) is 2. The molecule has 0 atom stereocenters. The van der Waals surface area contributed by atoms with Crippen LogP contribution in [0.5, 0.6) is 0 Å². The maximum absolute atomic E-state index is 13.4. The van der Waals surface area contributed by atoms with Gasteiger partial charge in [-0.05, 0) is 37.3 Å². The zero-order chi connectivity index (χ0) is 16.7. The molecule has 0 radical (unpaired) electrons. The van der Waals surface area contributed by atoms with Gasteiger partial charge >= 0.3 is 6.03 Å². The Bertz CT molecular complexity index is 686. The van der Waals surface area contributed by atoms with E-state index in [0.717, 1.165) is 0 Å². The molecule has 0 heterocycles. The summed E-state index contributed by atoms with van der Waals surface area (Å²) in [6.45, 7) is 2.49. The molecular formula is C17H18FN3O2. The lowest BCUT2D eigenvalue weighted by molar-refractivity contribution is 0.0956. The number of carbonyl (C=O) groups excluding carboxylic acids is 2. The summed E-state index contributed by atoms with van der Waals surface area (Å²) in [5.41, 5.74) is 1.47. The SMILES string of the molecule is CCNC(=O)c1ccc(NC(=O)NCc2ccccc2F)cc1. The van der Waals surface area contributed by atoms with Crippen molar-refractivity contribution in [3.63, 3.8) is 0 Å². The van der Waals surface area contributed by atoms with Crippen molar-refractivity contribution in [2.45, 2.75) is 13.5 Å². The Hall–Kier alpha value is -2.89. The Morgan fingerprint density at radius 2 is 1.70 bits per heavy atom. The second-order valence-electron chi connectivity index (χ2n) is 4.84. The van der Waals surface area contributed by atoms with Crippen LogP contribution in [0.15, 0.2) is 48.5 Å². The van der Waals surface area contributed by atoms with Crippen LogP contribution in [0, 0.1) is 5.82 Å². The quantitative estimate of drug-likeness (QED) is 0.794. The molecule has 2 aromatic rings. The van der Waals surface area contributed by atoms with E-state index >= 15 is 0 Å². The molecule has 120 valence electrons. The summed E-state index contributed by atoms with van der Waals surface area (Å²) in [6.07, 6.45) is 0. The molecule has 0 saturated carbocycles. The molecule has 0 aromatic heterocycles. The summed E-state index contributed by atoms with van der Waals surface area (Å²) in [7, 11) is 0. The van der Waals surface area contributed by atoms with Crippen LogP contribution < -0.4 is 16.0 Å². The number of amides is 3. The summed E-state index contributed by atoms with van der Waals surface area (Å²) in [4.78, 5) is 23.4. The van der Waals surface area contributed by atoms with E-state index in [0.29, 0.717) is 23.4 Å². The van der Waals surface area contributed by atoms with Crippen LogP contribution in [0.25, 0.3) is 0 Å². The van der Waals surface area contributed by atoms with Gasteiger partial charge < -0.3 is 16.0 Å². The normalized spacial score (nSPS) is 10.0. The highest BCUT2D eigenvalue weighted by Gasteiger charge is 2.06. The molecule has 0 spiro atoms. The molecule has 0 saturated heterocycles. The number of carbonyl (C=O) groups is 2. The summed E-state index contributed by atoms with van der Waals surface area (Å²) >= 11 is 0. The highest BCUT2D eigenvalue weighted by molar-refractivity contribution is 5.95. The maximum Gasteiger partial charge on any atom is 0.319 e. The van der Waals surface area contributed by atoms with Crippen LogP contribution in [0.3, 0.4) is 0 Å². The summed E-state index contributed by atoms with van der Waals surface area (Å²) in [5, 5.41) is 7.89. The van der Waals surface area contributed by atoms with Crippen molar-refractivity contribution in [3.05, 3.63) is 65.5 Å². The summed E-state index contributed by atoms with van der Waals surface area (Å²) in [6, 6.07) is 12.3. The lowest BCUT2D eigenvalue weighted by atomic mass is 10.2. The number of benzene rings is 2. The molecule has 6 heteroatoms. The number of hydrogen-bond donors (Lipinski definition) is 3. The van der Waals surface area contributed by atoms with Gasteiger partial charge in [0, 0.05) is 29.9 Å². The summed E-state index contributed by atoms with van der Waals surface area (Å²) in [5.74, 6) is -0.526. The number of nitrogens with one attached hydrogen (secondary N) is 3. The fourth-order valence-electron chi connectivity index (χ4n) is 1.96. The Morgan fingerprint density at radius 3 is 2.35 bits per heavy atom. The third kappa shape index (κ3) is 4.81. The first-order valence-electron chi connectivity index (χ1n) is 7.26. The number of urea groups is 1. The molecule has 0 aliphatic carbocycles. The minimum absolute atomic E-state index is 0.0928. The van der Waals surface area contributed by atoms with Crippen molar-refractivity contribution in [1.29, 1.82) is 0 Å². The van der Waals surface area contributed by atoms with E-state index in [2.05, 4.69) is 16.0 Å². The minimum Gasteiger partial charge on any atom is -0.352 e. The highest BCUT2D eigenvalue weighted by atomic mass is 19.1. The number of rotatable bonds is 5. The molecule has 23 heavy (non-hydrogen) atoms. The molecule has 2 aromatic carbocycles. The largest absolute Gasteiger partial charge is 0.352 e. The monoisotopic (exact) mass is 315 g/mol. The van der Waals surface area contributed by atoms with E-state index in [4.69, 9.17) is 0 Å².